The molecular formula is C21H32N2O4. The van der Waals surface area contributed by atoms with Crippen LogP contribution >= 0.6 is 0 Å². The van der Waals surface area contributed by atoms with Crippen molar-refractivity contribution in [3.05, 3.63) is 0 Å². The van der Waals surface area contributed by atoms with Crippen molar-refractivity contribution in [1.29, 1.82) is 0 Å². The van der Waals surface area contributed by atoms with Gasteiger partial charge >= 0.3 is 0 Å². The molecule has 6 rings (SSSR count). The second kappa shape index (κ2) is 7.03. The molecule has 27 heavy (non-hydrogen) atoms. The number of amides is 2. The van der Waals surface area contributed by atoms with Gasteiger partial charge in [0.05, 0.1) is 31.3 Å². The van der Waals surface area contributed by atoms with Gasteiger partial charge in [0.2, 0.25) is 11.8 Å². The predicted molar refractivity (Wildman–Crippen MR) is 98.9 cm³/mol. The highest BCUT2D eigenvalue weighted by atomic mass is 16.6. The van der Waals surface area contributed by atoms with E-state index in [0.29, 0.717) is 26.4 Å². The van der Waals surface area contributed by atoms with Gasteiger partial charge in [0, 0.05) is 13.1 Å². The molecule has 2 heterocycles. The molecule has 2 saturated heterocycles. The number of rotatable bonds is 4. The number of carbonyl (C=O) groups excluding carboxylic acids is 2. The maximum Gasteiger partial charge on any atom is 0.242 e. The Labute approximate surface area is 161 Å². The van der Waals surface area contributed by atoms with E-state index in [1.807, 2.05) is 4.90 Å². The lowest BCUT2D eigenvalue weighted by atomic mass is 9.49. The highest BCUT2D eigenvalue weighted by Crippen LogP contribution is 2.60. The lowest BCUT2D eigenvalue weighted by Crippen LogP contribution is -2.57. The molecule has 0 spiro atoms. The summed E-state index contributed by atoms with van der Waals surface area (Å²) in [4.78, 5) is 28.4. The molecule has 4 aliphatic carbocycles. The molecule has 2 atom stereocenters. The fourth-order valence-corrected chi connectivity index (χ4v) is 6.95. The standard InChI is InChI=1S/C21H32N2O4/c24-19(22-12-17-13-26-4-5-27-17)18-2-1-3-23(18)20(25)21-9-14-6-15(10-21)8-16(7-14)11-21/h14-18H,1-13H2,(H,22,24)/t14?,15?,16?,17-,18-,21?/m1/s1. The summed E-state index contributed by atoms with van der Waals surface area (Å²) in [6, 6.07) is -0.296. The highest BCUT2D eigenvalue weighted by Gasteiger charge is 2.56. The number of likely N-dealkylation sites (tertiary alicyclic amines) is 1. The molecule has 4 bridgehead atoms. The van der Waals surface area contributed by atoms with E-state index in [9.17, 15) is 9.59 Å². The molecule has 150 valence electrons. The van der Waals surface area contributed by atoms with Gasteiger partial charge in [0.1, 0.15) is 6.04 Å². The summed E-state index contributed by atoms with van der Waals surface area (Å²) in [6.07, 6.45) is 8.84. The molecule has 0 radical (unpaired) electrons. The van der Waals surface area contributed by atoms with Crippen LogP contribution in [0.15, 0.2) is 0 Å². The van der Waals surface area contributed by atoms with Crippen LogP contribution in [0.4, 0.5) is 0 Å². The second-order valence-corrected chi connectivity index (χ2v) is 9.67. The Morgan fingerprint density at radius 1 is 1.04 bits per heavy atom. The average Bonchev–Trinajstić information content (AvgIpc) is 3.15. The number of hydrogen-bond acceptors (Lipinski definition) is 4. The summed E-state index contributed by atoms with van der Waals surface area (Å²) in [7, 11) is 0. The molecule has 6 fully saturated rings. The molecule has 0 unspecified atom stereocenters. The third-order valence-corrected chi connectivity index (χ3v) is 7.70. The minimum atomic E-state index is -0.296. The van der Waals surface area contributed by atoms with Gasteiger partial charge in [-0.15, -0.1) is 0 Å². The fraction of sp³-hybridized carbons (Fsp3) is 0.905. The number of nitrogens with zero attached hydrogens (tertiary/aromatic N) is 1. The lowest BCUT2D eigenvalue weighted by molar-refractivity contribution is -0.160. The Kier molecular flexibility index (Phi) is 4.67. The zero-order chi connectivity index (χ0) is 18.4. The molecule has 2 amide bonds. The minimum Gasteiger partial charge on any atom is -0.376 e. The highest BCUT2D eigenvalue weighted by molar-refractivity contribution is 5.91. The van der Waals surface area contributed by atoms with Gasteiger partial charge in [-0.3, -0.25) is 9.59 Å². The van der Waals surface area contributed by atoms with E-state index in [1.54, 1.807) is 0 Å². The van der Waals surface area contributed by atoms with Crippen molar-refractivity contribution < 1.29 is 19.1 Å². The summed E-state index contributed by atoms with van der Waals surface area (Å²) >= 11 is 0. The molecule has 6 aliphatic rings. The van der Waals surface area contributed by atoms with Gasteiger partial charge in [-0.25, -0.2) is 0 Å². The fourth-order valence-electron chi connectivity index (χ4n) is 6.95. The number of carbonyl (C=O) groups is 2. The first-order valence-corrected chi connectivity index (χ1v) is 10.9. The topological polar surface area (TPSA) is 67.9 Å². The first-order chi connectivity index (χ1) is 13.1. The molecule has 0 aromatic rings. The molecular weight excluding hydrogens is 344 g/mol. The minimum absolute atomic E-state index is 0.0141. The summed E-state index contributed by atoms with van der Waals surface area (Å²) < 4.78 is 11.0. The Bertz CT molecular complexity index is 566. The van der Waals surface area contributed by atoms with Gasteiger partial charge < -0.3 is 19.7 Å². The molecule has 4 saturated carbocycles. The van der Waals surface area contributed by atoms with E-state index in [-0.39, 0.29) is 29.4 Å². The van der Waals surface area contributed by atoms with Gasteiger partial charge in [0.15, 0.2) is 0 Å². The number of ether oxygens (including phenoxy) is 2. The third-order valence-electron chi connectivity index (χ3n) is 7.70. The van der Waals surface area contributed by atoms with Gasteiger partial charge in [-0.1, -0.05) is 0 Å². The average molecular weight is 376 g/mol. The van der Waals surface area contributed by atoms with Crippen molar-refractivity contribution in [3.8, 4) is 0 Å². The molecule has 2 aliphatic heterocycles. The van der Waals surface area contributed by atoms with E-state index >= 15 is 0 Å². The largest absolute Gasteiger partial charge is 0.376 e. The van der Waals surface area contributed by atoms with Crippen LogP contribution in [0.3, 0.4) is 0 Å². The quantitative estimate of drug-likeness (QED) is 0.811. The van der Waals surface area contributed by atoms with E-state index in [4.69, 9.17) is 9.47 Å². The van der Waals surface area contributed by atoms with Crippen molar-refractivity contribution in [3.63, 3.8) is 0 Å². The molecule has 1 N–H and O–H groups in total. The summed E-state index contributed by atoms with van der Waals surface area (Å²) in [5.74, 6) is 2.52. The van der Waals surface area contributed by atoms with Crippen molar-refractivity contribution in [2.45, 2.75) is 63.5 Å². The van der Waals surface area contributed by atoms with Crippen LogP contribution in [0.2, 0.25) is 0 Å². The monoisotopic (exact) mass is 376 g/mol. The van der Waals surface area contributed by atoms with Crippen molar-refractivity contribution in [1.82, 2.24) is 10.2 Å². The Balaban J connectivity index is 1.24. The zero-order valence-corrected chi connectivity index (χ0v) is 16.2. The Morgan fingerprint density at radius 3 is 2.37 bits per heavy atom. The van der Waals surface area contributed by atoms with Crippen molar-refractivity contribution in [2.75, 3.05) is 32.9 Å². The van der Waals surface area contributed by atoms with E-state index in [1.165, 1.54) is 19.3 Å². The van der Waals surface area contributed by atoms with Crippen LogP contribution in [0.25, 0.3) is 0 Å². The second-order valence-electron chi connectivity index (χ2n) is 9.67. The summed E-state index contributed by atoms with van der Waals surface area (Å²) in [5.41, 5.74) is -0.155. The van der Waals surface area contributed by atoms with Gasteiger partial charge in [0.25, 0.3) is 0 Å². The molecule has 0 aromatic carbocycles. The lowest BCUT2D eigenvalue weighted by Gasteiger charge is -2.56. The third kappa shape index (κ3) is 3.29. The molecule has 6 heteroatoms. The number of nitrogens with one attached hydrogen (secondary N) is 1. The van der Waals surface area contributed by atoms with E-state index in [2.05, 4.69) is 5.32 Å². The number of hydrogen-bond donors (Lipinski definition) is 1. The predicted octanol–water partition coefficient (Wildman–Crippen LogP) is 1.73. The first-order valence-electron chi connectivity index (χ1n) is 10.9. The smallest absolute Gasteiger partial charge is 0.242 e. The van der Waals surface area contributed by atoms with Gasteiger partial charge in [-0.2, -0.15) is 0 Å². The maximum atomic E-state index is 13.6. The normalized spacial score (nSPS) is 43.1. The van der Waals surface area contributed by atoms with Crippen LogP contribution in [0, 0.1) is 23.2 Å². The van der Waals surface area contributed by atoms with Crippen LogP contribution in [-0.2, 0) is 19.1 Å². The summed E-state index contributed by atoms with van der Waals surface area (Å²) in [5, 5.41) is 3.02. The van der Waals surface area contributed by atoms with Crippen LogP contribution < -0.4 is 5.32 Å². The maximum absolute atomic E-state index is 13.6. The van der Waals surface area contributed by atoms with Crippen LogP contribution in [-0.4, -0.2) is 61.8 Å². The SMILES string of the molecule is O=C(NC[C@@H]1COCCO1)[C@H]1CCCN1C(=O)C12CC3CC(CC(C3)C1)C2. The van der Waals surface area contributed by atoms with Gasteiger partial charge in [-0.05, 0) is 69.1 Å². The van der Waals surface area contributed by atoms with Crippen LogP contribution in [0.1, 0.15) is 51.4 Å². The summed E-state index contributed by atoms with van der Waals surface area (Å²) in [6.45, 7) is 2.94. The molecule has 6 nitrogen and oxygen atoms in total. The van der Waals surface area contributed by atoms with Crippen molar-refractivity contribution in [2.24, 2.45) is 23.2 Å². The van der Waals surface area contributed by atoms with E-state index in [0.717, 1.165) is 56.4 Å². The first kappa shape index (κ1) is 17.9. The van der Waals surface area contributed by atoms with Crippen LogP contribution in [0.5, 0.6) is 0 Å². The van der Waals surface area contributed by atoms with Crippen molar-refractivity contribution >= 4 is 11.8 Å². The Morgan fingerprint density at radius 2 is 1.74 bits per heavy atom. The molecule has 0 aromatic heterocycles. The Hall–Kier alpha value is -1.14. The zero-order valence-electron chi connectivity index (χ0n) is 16.2. The van der Waals surface area contributed by atoms with E-state index < -0.39 is 0 Å².